The molecule has 46 heavy (non-hydrogen) atoms. The van der Waals surface area contributed by atoms with Crippen LogP contribution in [0.25, 0.3) is 32.9 Å². The van der Waals surface area contributed by atoms with Gasteiger partial charge in [0.15, 0.2) is 5.82 Å². The average Bonchev–Trinajstić information content (AvgIpc) is 3.68. The monoisotopic (exact) mass is 632 g/mol. The first-order chi connectivity index (χ1) is 22.3. The topological polar surface area (TPSA) is 95.9 Å². The maximum Gasteiger partial charge on any atom is 0.319 e. The maximum atomic E-state index is 17.1. The molecule has 4 fully saturated rings. The van der Waals surface area contributed by atoms with Gasteiger partial charge < -0.3 is 24.8 Å². The average molecular weight is 633 g/mol. The summed E-state index contributed by atoms with van der Waals surface area (Å²) in [5.74, 6) is -0.568. The minimum atomic E-state index is -0.913. The molecular weight excluding hydrogens is 597 g/mol. The number of aryl methyl sites for hydroxylation is 1. The van der Waals surface area contributed by atoms with Gasteiger partial charge in [-0.1, -0.05) is 13.0 Å². The van der Waals surface area contributed by atoms with Gasteiger partial charge in [0, 0.05) is 37.2 Å². The zero-order valence-electron chi connectivity index (χ0n) is 25.5. The molecule has 9 rings (SSSR count). The number of pyridine rings is 1. The van der Waals surface area contributed by atoms with Gasteiger partial charge in [-0.2, -0.15) is 9.97 Å². The molecule has 4 saturated heterocycles. The van der Waals surface area contributed by atoms with Crippen molar-refractivity contribution in [3.8, 4) is 28.9 Å². The van der Waals surface area contributed by atoms with Crippen molar-refractivity contribution in [1.29, 1.82) is 0 Å². The van der Waals surface area contributed by atoms with Gasteiger partial charge >= 0.3 is 6.01 Å². The Bertz CT molecular complexity index is 1910. The largest absolute Gasteiger partial charge is 0.508 e. The standard InChI is InChI=1S/C34H35F3N6O3/c1-2-21-23(36)6-4-17-10-20(44)11-22(26(17)21)29-28(37)30-27-31(43-14-19-5-7-24(38-19)25(43)15-45-32(27)39-29)41-33(40-30)46-16-34-8-3-9-42(34)13-18(35)12-34/h4,6,10-11,18-19,24-25,38,44H,2-3,5,7-9,12-16H2,1H3/t18-,19-,24+,25-,34-/m0/s1. The number of anilines is 1. The molecule has 12 heteroatoms. The Kier molecular flexibility index (Phi) is 6.34. The molecule has 0 unspecified atom stereocenters. The van der Waals surface area contributed by atoms with E-state index in [-0.39, 0.29) is 59.1 Å². The second-order valence-corrected chi connectivity index (χ2v) is 13.5. The predicted molar refractivity (Wildman–Crippen MR) is 166 cm³/mol. The van der Waals surface area contributed by atoms with Crippen LogP contribution in [0.3, 0.4) is 0 Å². The number of piperazine rings is 1. The van der Waals surface area contributed by atoms with Crippen molar-refractivity contribution < 1.29 is 27.8 Å². The van der Waals surface area contributed by atoms with E-state index in [0.29, 0.717) is 60.1 Å². The van der Waals surface area contributed by atoms with Gasteiger partial charge in [-0.15, -0.1) is 0 Å². The molecule has 0 aliphatic carbocycles. The van der Waals surface area contributed by atoms with Crippen LogP contribution >= 0.6 is 0 Å². The number of rotatable bonds is 5. The second kappa shape index (κ2) is 10.3. The Morgan fingerprint density at radius 1 is 1.13 bits per heavy atom. The molecule has 5 atom stereocenters. The number of alkyl halides is 1. The summed E-state index contributed by atoms with van der Waals surface area (Å²) < 4.78 is 59.3. The van der Waals surface area contributed by atoms with Crippen LogP contribution in [0.4, 0.5) is 19.0 Å². The Balaban J connectivity index is 1.24. The smallest absolute Gasteiger partial charge is 0.319 e. The third kappa shape index (κ3) is 4.18. The van der Waals surface area contributed by atoms with Gasteiger partial charge in [0.1, 0.15) is 53.4 Å². The Morgan fingerprint density at radius 3 is 2.89 bits per heavy atom. The van der Waals surface area contributed by atoms with E-state index in [1.54, 1.807) is 6.07 Å². The van der Waals surface area contributed by atoms with Crippen LogP contribution < -0.4 is 19.7 Å². The molecular formula is C34H35F3N6O3. The van der Waals surface area contributed by atoms with Crippen LogP contribution in [-0.4, -0.2) is 87.6 Å². The molecule has 7 heterocycles. The fourth-order valence-corrected chi connectivity index (χ4v) is 8.84. The summed E-state index contributed by atoms with van der Waals surface area (Å²) >= 11 is 0. The molecule has 4 aromatic rings. The fourth-order valence-electron chi connectivity index (χ4n) is 8.84. The number of fused-ring (bicyclic) bond motifs is 7. The number of aromatic nitrogens is 3. The number of phenols is 1. The number of hydrogen-bond donors (Lipinski definition) is 2. The SMILES string of the molecule is CCc1c(F)ccc2cc(O)cc(-c3nc4c5c(nc(OC[C@@]67CCCN6C[C@@H](F)C7)nc5c3F)N3C[C@@H]5CC[C@@H](N5)[C@@H]3CO4)c12. The number of benzene rings is 2. The maximum absolute atomic E-state index is 17.1. The highest BCUT2D eigenvalue weighted by molar-refractivity contribution is 6.03. The summed E-state index contributed by atoms with van der Waals surface area (Å²) in [5, 5.41) is 15.8. The highest BCUT2D eigenvalue weighted by atomic mass is 19.1. The minimum Gasteiger partial charge on any atom is -0.508 e. The number of hydrogen-bond acceptors (Lipinski definition) is 9. The molecule has 240 valence electrons. The highest BCUT2D eigenvalue weighted by Gasteiger charge is 2.50. The first-order valence-corrected chi connectivity index (χ1v) is 16.3. The Labute approximate surface area is 263 Å². The molecule has 9 nitrogen and oxygen atoms in total. The van der Waals surface area contributed by atoms with Crippen molar-refractivity contribution in [1.82, 2.24) is 25.2 Å². The van der Waals surface area contributed by atoms with E-state index < -0.39 is 23.3 Å². The molecule has 2 N–H and O–H groups in total. The highest BCUT2D eigenvalue weighted by Crippen LogP contribution is 2.45. The van der Waals surface area contributed by atoms with Crippen LogP contribution in [-0.2, 0) is 6.42 Å². The number of ether oxygens (including phenoxy) is 2. The molecule has 2 bridgehead atoms. The van der Waals surface area contributed by atoms with E-state index in [4.69, 9.17) is 19.4 Å². The van der Waals surface area contributed by atoms with E-state index in [2.05, 4.69) is 20.1 Å². The molecule has 5 aliphatic rings. The molecule has 2 aromatic carbocycles. The lowest BCUT2D eigenvalue weighted by Crippen LogP contribution is -2.60. The summed E-state index contributed by atoms with van der Waals surface area (Å²) in [6.07, 6.45) is 3.62. The number of nitrogens with zero attached hydrogens (tertiary/aromatic N) is 5. The lowest BCUT2D eigenvalue weighted by molar-refractivity contribution is 0.107. The first-order valence-electron chi connectivity index (χ1n) is 16.3. The van der Waals surface area contributed by atoms with E-state index >= 15 is 8.78 Å². The molecule has 0 spiro atoms. The van der Waals surface area contributed by atoms with Crippen molar-refractivity contribution >= 4 is 27.5 Å². The summed E-state index contributed by atoms with van der Waals surface area (Å²) in [6.45, 7) is 4.21. The number of nitrogens with one attached hydrogen (secondary N) is 1. The summed E-state index contributed by atoms with van der Waals surface area (Å²) in [4.78, 5) is 18.6. The molecule has 5 aliphatic heterocycles. The second-order valence-electron chi connectivity index (χ2n) is 13.5. The van der Waals surface area contributed by atoms with E-state index in [9.17, 15) is 9.50 Å². The Morgan fingerprint density at radius 2 is 2.02 bits per heavy atom. The predicted octanol–water partition coefficient (Wildman–Crippen LogP) is 5.05. The van der Waals surface area contributed by atoms with Crippen molar-refractivity contribution in [2.24, 2.45) is 0 Å². The van der Waals surface area contributed by atoms with Gasteiger partial charge in [0.25, 0.3) is 0 Å². The lowest BCUT2D eigenvalue weighted by Gasteiger charge is -2.40. The summed E-state index contributed by atoms with van der Waals surface area (Å²) in [5.41, 5.74) is 0.0926. The van der Waals surface area contributed by atoms with Crippen LogP contribution in [0.1, 0.15) is 44.6 Å². The number of halogens is 3. The zero-order chi connectivity index (χ0) is 31.3. The van der Waals surface area contributed by atoms with Gasteiger partial charge in [-0.25, -0.2) is 18.2 Å². The van der Waals surface area contributed by atoms with Crippen LogP contribution in [0.2, 0.25) is 0 Å². The van der Waals surface area contributed by atoms with Gasteiger partial charge in [-0.05, 0) is 73.2 Å². The first kappa shape index (κ1) is 28.3. The third-order valence-corrected chi connectivity index (χ3v) is 10.9. The number of phenolic OH excluding ortho intramolecular Hbond substituents is 1. The summed E-state index contributed by atoms with van der Waals surface area (Å²) in [6, 6.07) is 6.25. The lowest BCUT2D eigenvalue weighted by atomic mass is 9.94. The van der Waals surface area contributed by atoms with Gasteiger partial charge in [0.2, 0.25) is 5.88 Å². The van der Waals surface area contributed by atoms with Crippen LogP contribution in [0.15, 0.2) is 24.3 Å². The fraction of sp³-hybridized carbons (Fsp3) is 0.500. The van der Waals surface area contributed by atoms with E-state index in [0.717, 1.165) is 32.2 Å². The summed E-state index contributed by atoms with van der Waals surface area (Å²) in [7, 11) is 0. The van der Waals surface area contributed by atoms with Gasteiger partial charge in [0.05, 0.1) is 11.6 Å². The zero-order valence-corrected chi connectivity index (χ0v) is 25.5. The van der Waals surface area contributed by atoms with Crippen molar-refractivity contribution in [2.45, 2.75) is 75.3 Å². The minimum absolute atomic E-state index is 0.0145. The third-order valence-electron chi connectivity index (χ3n) is 10.9. The normalized spacial score (nSPS) is 28.4. The van der Waals surface area contributed by atoms with E-state index in [1.807, 2.05) is 6.92 Å². The quantitative estimate of drug-likeness (QED) is 0.314. The van der Waals surface area contributed by atoms with Crippen LogP contribution in [0, 0.1) is 11.6 Å². The van der Waals surface area contributed by atoms with Crippen molar-refractivity contribution in [3.05, 3.63) is 41.5 Å². The van der Waals surface area contributed by atoms with Crippen molar-refractivity contribution in [2.75, 3.05) is 37.7 Å². The molecule has 0 saturated carbocycles. The molecule has 2 aromatic heterocycles. The molecule has 0 radical (unpaired) electrons. The van der Waals surface area contributed by atoms with Crippen LogP contribution in [0.5, 0.6) is 17.6 Å². The number of aromatic hydroxyl groups is 1. The van der Waals surface area contributed by atoms with Gasteiger partial charge in [-0.3, -0.25) is 4.90 Å². The van der Waals surface area contributed by atoms with Crippen molar-refractivity contribution in [3.63, 3.8) is 0 Å². The Hall–Kier alpha value is -3.90. The molecule has 0 amide bonds. The van der Waals surface area contributed by atoms with E-state index in [1.165, 1.54) is 18.2 Å².